The van der Waals surface area contributed by atoms with Gasteiger partial charge in [-0.05, 0) is 31.4 Å². The van der Waals surface area contributed by atoms with Crippen LogP contribution in [0.3, 0.4) is 0 Å². The molecule has 5 heteroatoms. The predicted octanol–water partition coefficient (Wildman–Crippen LogP) is 2.22. The molecule has 1 aliphatic heterocycles. The molecule has 0 spiro atoms. The first-order valence-electron chi connectivity index (χ1n) is 6.65. The van der Waals surface area contributed by atoms with Gasteiger partial charge in [-0.1, -0.05) is 18.3 Å². The predicted molar refractivity (Wildman–Crippen MR) is 77.0 cm³/mol. The van der Waals surface area contributed by atoms with E-state index in [1.54, 1.807) is 6.07 Å². The summed E-state index contributed by atoms with van der Waals surface area (Å²) in [7, 11) is 0. The molecule has 2 aliphatic rings. The van der Waals surface area contributed by atoms with E-state index in [0.29, 0.717) is 18.2 Å². The molecule has 1 aliphatic carbocycles. The molecule has 1 saturated heterocycles. The maximum atomic E-state index is 14.0. The number of nitrogens with zero attached hydrogens (tertiary/aromatic N) is 1. The molecule has 3 rings (SSSR count). The topological polar surface area (TPSA) is 38.5 Å². The Kier molecular flexibility index (Phi) is 3.41. The van der Waals surface area contributed by atoms with Gasteiger partial charge in [0.2, 0.25) is 0 Å². The molecule has 3 nitrogen and oxygen atoms in total. The van der Waals surface area contributed by atoms with Crippen LogP contribution in [0.4, 0.5) is 10.1 Å². The Balaban J connectivity index is 2.01. The number of hydrogen-bond donors (Lipinski definition) is 1. The van der Waals surface area contributed by atoms with Crippen LogP contribution in [0.2, 0.25) is 0 Å². The Morgan fingerprint density at radius 3 is 3.05 bits per heavy atom. The molecule has 102 valence electrons. The molecule has 1 heterocycles. The van der Waals surface area contributed by atoms with Crippen LogP contribution in [0.15, 0.2) is 18.2 Å². The lowest BCUT2D eigenvalue weighted by Crippen LogP contribution is -2.49. The van der Waals surface area contributed by atoms with Gasteiger partial charge in [-0.25, -0.2) is 4.39 Å². The molecule has 2 fully saturated rings. The molecule has 0 amide bonds. The van der Waals surface area contributed by atoms with Gasteiger partial charge >= 0.3 is 0 Å². The minimum absolute atomic E-state index is 0.120. The highest BCUT2D eigenvalue weighted by Crippen LogP contribution is 2.35. The number of rotatable bonds is 2. The fourth-order valence-electron chi connectivity index (χ4n) is 3.22. The third-order valence-corrected chi connectivity index (χ3v) is 4.23. The second kappa shape index (κ2) is 5.06. The summed E-state index contributed by atoms with van der Waals surface area (Å²) in [5, 5.41) is 0. The Morgan fingerprint density at radius 1 is 1.42 bits per heavy atom. The molecule has 0 bridgehead atoms. The van der Waals surface area contributed by atoms with Crippen LogP contribution in [-0.4, -0.2) is 30.3 Å². The van der Waals surface area contributed by atoms with Crippen molar-refractivity contribution in [1.29, 1.82) is 0 Å². The summed E-state index contributed by atoms with van der Waals surface area (Å²) < 4.78 is 19.8. The van der Waals surface area contributed by atoms with Gasteiger partial charge in [0.05, 0.1) is 30.0 Å². The standard InChI is InChI=1S/C14H17FN2OS/c15-9-3-1-5-11(13(9)14(16)19)17-7-8-18-12-6-2-4-10(12)17/h1,3,5,10,12H,2,4,6-8H2,(H2,16,19). The van der Waals surface area contributed by atoms with Gasteiger partial charge in [-0.2, -0.15) is 0 Å². The lowest BCUT2D eigenvalue weighted by molar-refractivity contribution is 0.0256. The fourth-order valence-corrected chi connectivity index (χ4v) is 3.42. The molecular formula is C14H17FN2OS. The number of benzene rings is 1. The van der Waals surface area contributed by atoms with Crippen molar-refractivity contribution in [3.8, 4) is 0 Å². The van der Waals surface area contributed by atoms with Crippen molar-refractivity contribution < 1.29 is 9.13 Å². The highest BCUT2D eigenvalue weighted by Gasteiger charge is 2.37. The molecule has 2 N–H and O–H groups in total. The third kappa shape index (κ3) is 2.21. The molecule has 19 heavy (non-hydrogen) atoms. The van der Waals surface area contributed by atoms with Crippen LogP contribution in [0.5, 0.6) is 0 Å². The van der Waals surface area contributed by atoms with E-state index in [4.69, 9.17) is 22.7 Å². The van der Waals surface area contributed by atoms with Crippen LogP contribution < -0.4 is 10.6 Å². The van der Waals surface area contributed by atoms with Crippen LogP contribution in [0.1, 0.15) is 24.8 Å². The largest absolute Gasteiger partial charge is 0.389 e. The van der Waals surface area contributed by atoms with E-state index < -0.39 is 0 Å². The maximum Gasteiger partial charge on any atom is 0.135 e. The second-order valence-electron chi connectivity index (χ2n) is 5.10. The number of anilines is 1. The minimum atomic E-state index is -0.342. The van der Waals surface area contributed by atoms with Crippen LogP contribution in [0.25, 0.3) is 0 Å². The SMILES string of the molecule is NC(=S)c1c(F)cccc1N1CCOC2CCCC21. The molecule has 2 atom stereocenters. The van der Waals surface area contributed by atoms with Crippen LogP contribution in [-0.2, 0) is 4.74 Å². The molecule has 1 saturated carbocycles. The minimum Gasteiger partial charge on any atom is -0.389 e. The van der Waals surface area contributed by atoms with Gasteiger partial charge in [-0.3, -0.25) is 0 Å². The van der Waals surface area contributed by atoms with Gasteiger partial charge in [0.25, 0.3) is 0 Å². The summed E-state index contributed by atoms with van der Waals surface area (Å²) in [5.41, 5.74) is 6.87. The van der Waals surface area contributed by atoms with E-state index in [0.717, 1.165) is 31.5 Å². The van der Waals surface area contributed by atoms with Crippen LogP contribution >= 0.6 is 12.2 Å². The van der Waals surface area contributed by atoms with Crippen molar-refractivity contribution in [1.82, 2.24) is 0 Å². The number of halogens is 1. The quantitative estimate of drug-likeness (QED) is 0.843. The highest BCUT2D eigenvalue weighted by molar-refractivity contribution is 7.80. The fraction of sp³-hybridized carbons (Fsp3) is 0.500. The van der Waals surface area contributed by atoms with Gasteiger partial charge < -0.3 is 15.4 Å². The Labute approximate surface area is 117 Å². The van der Waals surface area contributed by atoms with Crippen molar-refractivity contribution in [2.45, 2.75) is 31.4 Å². The molecule has 0 aromatic heterocycles. The molecular weight excluding hydrogens is 263 g/mol. The normalized spacial score (nSPS) is 26.3. The smallest absolute Gasteiger partial charge is 0.135 e. The number of fused-ring (bicyclic) bond motifs is 1. The zero-order chi connectivity index (χ0) is 13.4. The summed E-state index contributed by atoms with van der Waals surface area (Å²) in [6.07, 6.45) is 3.58. The van der Waals surface area contributed by atoms with E-state index in [1.807, 2.05) is 6.07 Å². The zero-order valence-electron chi connectivity index (χ0n) is 10.6. The van der Waals surface area contributed by atoms with Gasteiger partial charge in [0.15, 0.2) is 0 Å². The van der Waals surface area contributed by atoms with Gasteiger partial charge in [-0.15, -0.1) is 0 Å². The molecule has 0 radical (unpaired) electrons. The van der Waals surface area contributed by atoms with Crippen molar-refractivity contribution in [2.75, 3.05) is 18.1 Å². The van der Waals surface area contributed by atoms with E-state index in [-0.39, 0.29) is 16.9 Å². The number of morpholine rings is 1. The average molecular weight is 280 g/mol. The lowest BCUT2D eigenvalue weighted by Gasteiger charge is -2.40. The third-order valence-electron chi connectivity index (χ3n) is 4.03. The second-order valence-corrected chi connectivity index (χ2v) is 5.54. The van der Waals surface area contributed by atoms with Gasteiger partial charge in [0.1, 0.15) is 10.8 Å². The first kappa shape index (κ1) is 12.8. The van der Waals surface area contributed by atoms with Crippen molar-refractivity contribution in [3.05, 3.63) is 29.6 Å². The average Bonchev–Trinajstić information content (AvgIpc) is 2.85. The number of nitrogens with two attached hydrogens (primary N) is 1. The number of thiocarbonyl (C=S) groups is 1. The number of ether oxygens (including phenoxy) is 1. The van der Waals surface area contributed by atoms with Crippen LogP contribution in [0, 0.1) is 5.82 Å². The number of hydrogen-bond acceptors (Lipinski definition) is 3. The van der Waals surface area contributed by atoms with E-state index >= 15 is 0 Å². The Hall–Kier alpha value is -1.20. The lowest BCUT2D eigenvalue weighted by atomic mass is 10.1. The Bertz CT molecular complexity index is 508. The first-order chi connectivity index (χ1) is 9.18. The summed E-state index contributed by atoms with van der Waals surface area (Å²) in [5.74, 6) is -0.342. The molecule has 1 aromatic rings. The highest BCUT2D eigenvalue weighted by atomic mass is 32.1. The summed E-state index contributed by atoms with van der Waals surface area (Å²) in [4.78, 5) is 2.34. The zero-order valence-corrected chi connectivity index (χ0v) is 11.5. The first-order valence-corrected chi connectivity index (χ1v) is 7.06. The monoisotopic (exact) mass is 280 g/mol. The van der Waals surface area contributed by atoms with E-state index in [9.17, 15) is 4.39 Å². The van der Waals surface area contributed by atoms with Crippen molar-refractivity contribution in [2.24, 2.45) is 5.73 Å². The van der Waals surface area contributed by atoms with Gasteiger partial charge in [0, 0.05) is 6.54 Å². The van der Waals surface area contributed by atoms with Crippen molar-refractivity contribution in [3.63, 3.8) is 0 Å². The molecule has 2 unspecified atom stereocenters. The summed E-state index contributed by atoms with van der Waals surface area (Å²) in [6.45, 7) is 1.44. The van der Waals surface area contributed by atoms with E-state index in [1.165, 1.54) is 6.07 Å². The summed E-state index contributed by atoms with van der Waals surface area (Å²) >= 11 is 5.01. The maximum absolute atomic E-state index is 14.0. The van der Waals surface area contributed by atoms with Crippen molar-refractivity contribution >= 4 is 22.9 Å². The van der Waals surface area contributed by atoms with E-state index in [2.05, 4.69) is 4.90 Å². The Morgan fingerprint density at radius 2 is 2.26 bits per heavy atom. The summed E-state index contributed by atoms with van der Waals surface area (Å²) in [6, 6.07) is 5.35. The molecule has 1 aromatic carbocycles.